The summed E-state index contributed by atoms with van der Waals surface area (Å²) in [5.41, 5.74) is 9.00. The summed E-state index contributed by atoms with van der Waals surface area (Å²) in [5, 5.41) is 8.06. The monoisotopic (exact) mass is 262 g/mol. The second kappa shape index (κ2) is 4.83. The fraction of sp³-hybridized carbons (Fsp3) is 0.455. The largest absolute Gasteiger partial charge is 0.356 e. The van der Waals surface area contributed by atoms with Gasteiger partial charge in [-0.25, -0.2) is 14.1 Å². The van der Waals surface area contributed by atoms with Crippen molar-refractivity contribution in [1.29, 1.82) is 0 Å². The van der Waals surface area contributed by atoms with Crippen LogP contribution >= 0.6 is 0 Å². The van der Waals surface area contributed by atoms with E-state index >= 15 is 0 Å². The van der Waals surface area contributed by atoms with Gasteiger partial charge in [0.1, 0.15) is 5.82 Å². The number of rotatable bonds is 2. The predicted molar refractivity (Wildman–Crippen MR) is 65.1 cm³/mol. The Balaban J connectivity index is 2.15. The van der Waals surface area contributed by atoms with E-state index in [1.165, 1.54) is 6.07 Å². The molecule has 8 heteroatoms. The molecule has 1 fully saturated rings. The van der Waals surface area contributed by atoms with Gasteiger partial charge in [0.05, 0.1) is 11.6 Å². The van der Waals surface area contributed by atoms with Gasteiger partial charge in [-0.2, -0.15) is 5.10 Å². The zero-order valence-corrected chi connectivity index (χ0v) is 10.0. The molecule has 1 saturated heterocycles. The summed E-state index contributed by atoms with van der Waals surface area (Å²) >= 11 is 0. The SMILES string of the molecule is [N-]=[N+]=Nc1nn(C2CCCCO2)c2ncc(F)cc12. The standard InChI is InChI=1S/C11H11FN6O/c12-7-5-8-10(15-17-13)16-18(11(8)14-6-7)9-3-1-2-4-19-9/h5-6,9H,1-4H2. The van der Waals surface area contributed by atoms with Gasteiger partial charge >= 0.3 is 0 Å². The van der Waals surface area contributed by atoms with E-state index in [0.717, 1.165) is 25.5 Å². The molecule has 1 aliphatic heterocycles. The van der Waals surface area contributed by atoms with Gasteiger partial charge in [0, 0.05) is 11.5 Å². The van der Waals surface area contributed by atoms with Crippen LogP contribution in [0.2, 0.25) is 0 Å². The van der Waals surface area contributed by atoms with Crippen molar-refractivity contribution < 1.29 is 9.13 Å². The van der Waals surface area contributed by atoms with Crippen molar-refractivity contribution in [1.82, 2.24) is 14.8 Å². The smallest absolute Gasteiger partial charge is 0.161 e. The Morgan fingerprint density at radius 2 is 2.42 bits per heavy atom. The molecule has 98 valence electrons. The van der Waals surface area contributed by atoms with Crippen LogP contribution < -0.4 is 0 Å². The lowest BCUT2D eigenvalue weighted by Crippen LogP contribution is -2.19. The molecule has 1 unspecified atom stereocenters. The minimum Gasteiger partial charge on any atom is -0.356 e. The Morgan fingerprint density at radius 3 is 3.16 bits per heavy atom. The summed E-state index contributed by atoms with van der Waals surface area (Å²) in [5.74, 6) is -0.371. The van der Waals surface area contributed by atoms with Crippen molar-refractivity contribution in [3.05, 3.63) is 28.5 Å². The third-order valence-corrected chi connectivity index (χ3v) is 3.06. The summed E-state index contributed by atoms with van der Waals surface area (Å²) in [4.78, 5) is 6.72. The highest BCUT2D eigenvalue weighted by atomic mass is 19.1. The first-order valence-electron chi connectivity index (χ1n) is 6.00. The molecular formula is C11H11FN6O. The third kappa shape index (κ3) is 2.11. The Kier molecular flexibility index (Phi) is 3.02. The molecule has 19 heavy (non-hydrogen) atoms. The van der Waals surface area contributed by atoms with Crippen LogP contribution in [0.5, 0.6) is 0 Å². The van der Waals surface area contributed by atoms with Crippen molar-refractivity contribution in [3.63, 3.8) is 0 Å². The normalized spacial score (nSPS) is 19.3. The van der Waals surface area contributed by atoms with E-state index in [9.17, 15) is 4.39 Å². The van der Waals surface area contributed by atoms with Gasteiger partial charge in [0.15, 0.2) is 17.7 Å². The fourth-order valence-corrected chi connectivity index (χ4v) is 2.22. The molecule has 0 aromatic carbocycles. The van der Waals surface area contributed by atoms with Gasteiger partial charge in [0.2, 0.25) is 0 Å². The predicted octanol–water partition coefficient (Wildman–Crippen LogP) is 3.21. The number of azide groups is 1. The summed E-state index contributed by atoms with van der Waals surface area (Å²) in [6.07, 6.45) is 3.73. The highest BCUT2D eigenvalue weighted by Gasteiger charge is 2.21. The van der Waals surface area contributed by atoms with Gasteiger partial charge in [-0.3, -0.25) is 0 Å². The zero-order chi connectivity index (χ0) is 13.2. The Bertz CT molecular complexity index is 656. The van der Waals surface area contributed by atoms with E-state index < -0.39 is 5.82 Å². The van der Waals surface area contributed by atoms with Crippen LogP contribution in [0.25, 0.3) is 21.5 Å². The molecule has 3 heterocycles. The number of fused-ring (bicyclic) bond motifs is 1. The topological polar surface area (TPSA) is 88.7 Å². The van der Waals surface area contributed by atoms with Crippen LogP contribution in [0.4, 0.5) is 10.2 Å². The lowest BCUT2D eigenvalue weighted by Gasteiger charge is -2.22. The molecule has 1 atom stereocenters. The maximum absolute atomic E-state index is 13.2. The Hall–Kier alpha value is -2.18. The number of hydrogen-bond acceptors (Lipinski definition) is 4. The molecule has 0 bridgehead atoms. The van der Waals surface area contributed by atoms with Crippen molar-refractivity contribution >= 4 is 16.9 Å². The maximum Gasteiger partial charge on any atom is 0.161 e. The third-order valence-electron chi connectivity index (χ3n) is 3.06. The van der Waals surface area contributed by atoms with Crippen molar-refractivity contribution in [2.45, 2.75) is 25.5 Å². The van der Waals surface area contributed by atoms with Crippen molar-refractivity contribution in [3.8, 4) is 0 Å². The van der Waals surface area contributed by atoms with Gasteiger partial charge in [-0.15, -0.1) is 0 Å². The molecule has 1 aliphatic rings. The summed E-state index contributed by atoms with van der Waals surface area (Å²) in [6.45, 7) is 0.657. The van der Waals surface area contributed by atoms with Crippen LogP contribution in [0.3, 0.4) is 0 Å². The highest BCUT2D eigenvalue weighted by molar-refractivity contribution is 5.85. The molecule has 0 saturated carbocycles. The summed E-state index contributed by atoms with van der Waals surface area (Å²) in [7, 11) is 0. The zero-order valence-electron chi connectivity index (χ0n) is 10.0. The van der Waals surface area contributed by atoms with Crippen LogP contribution in [0, 0.1) is 5.82 Å². The molecule has 0 aliphatic carbocycles. The number of ether oxygens (including phenoxy) is 1. The van der Waals surface area contributed by atoms with Crippen LogP contribution in [-0.4, -0.2) is 21.4 Å². The maximum atomic E-state index is 13.2. The molecule has 2 aromatic rings. The van der Waals surface area contributed by atoms with E-state index in [0.29, 0.717) is 17.6 Å². The lowest BCUT2D eigenvalue weighted by molar-refractivity contribution is -0.0368. The minimum absolute atomic E-state index is 0.124. The van der Waals surface area contributed by atoms with Crippen molar-refractivity contribution in [2.75, 3.05) is 6.61 Å². The van der Waals surface area contributed by atoms with E-state index in [4.69, 9.17) is 10.3 Å². The lowest BCUT2D eigenvalue weighted by atomic mass is 10.2. The van der Waals surface area contributed by atoms with E-state index in [1.54, 1.807) is 4.68 Å². The van der Waals surface area contributed by atoms with Gasteiger partial charge in [-0.1, -0.05) is 0 Å². The molecule has 0 spiro atoms. The Labute approximate surface area is 107 Å². The summed E-state index contributed by atoms with van der Waals surface area (Å²) in [6, 6.07) is 1.26. The molecule has 7 nitrogen and oxygen atoms in total. The minimum atomic E-state index is -0.494. The molecule has 3 rings (SSSR count). The molecule has 0 amide bonds. The molecular weight excluding hydrogens is 251 g/mol. The van der Waals surface area contributed by atoms with Gasteiger partial charge < -0.3 is 4.74 Å². The molecule has 2 aromatic heterocycles. The van der Waals surface area contributed by atoms with Gasteiger partial charge in [-0.05, 0) is 36.0 Å². The van der Waals surface area contributed by atoms with Crippen LogP contribution in [0.1, 0.15) is 25.5 Å². The van der Waals surface area contributed by atoms with Gasteiger partial charge in [0.25, 0.3) is 0 Å². The Morgan fingerprint density at radius 1 is 1.53 bits per heavy atom. The van der Waals surface area contributed by atoms with Crippen molar-refractivity contribution in [2.24, 2.45) is 5.11 Å². The second-order valence-electron chi connectivity index (χ2n) is 4.30. The number of nitrogens with zero attached hydrogens (tertiary/aromatic N) is 6. The summed E-state index contributed by atoms with van der Waals surface area (Å²) < 4.78 is 20.4. The average Bonchev–Trinajstić information content (AvgIpc) is 2.79. The molecule has 0 N–H and O–H groups in total. The highest BCUT2D eigenvalue weighted by Crippen LogP contribution is 2.30. The van der Waals surface area contributed by atoms with Crippen LogP contribution in [-0.2, 0) is 4.74 Å². The quantitative estimate of drug-likeness (QED) is 0.472. The first-order valence-corrected chi connectivity index (χ1v) is 6.00. The fourth-order valence-electron chi connectivity index (χ4n) is 2.22. The van der Waals surface area contributed by atoms with E-state index in [2.05, 4.69) is 20.1 Å². The van der Waals surface area contributed by atoms with Crippen LogP contribution in [0.15, 0.2) is 17.4 Å². The van der Waals surface area contributed by atoms with E-state index in [-0.39, 0.29) is 12.0 Å². The number of aromatic nitrogens is 3. The molecule has 0 radical (unpaired) electrons. The first kappa shape index (κ1) is 11.9. The number of halogens is 1. The average molecular weight is 262 g/mol. The van der Waals surface area contributed by atoms with E-state index in [1.807, 2.05) is 0 Å². The number of pyridine rings is 1. The first-order chi connectivity index (χ1) is 9.29. The number of hydrogen-bond donors (Lipinski definition) is 0. The second-order valence-corrected chi connectivity index (χ2v) is 4.30.